The van der Waals surface area contributed by atoms with Gasteiger partial charge in [-0.3, -0.25) is 0 Å². The smallest absolute Gasteiger partial charge is 1.00 e. The third-order valence-electron chi connectivity index (χ3n) is 9.08. The van der Waals surface area contributed by atoms with Gasteiger partial charge in [-0.05, 0) is 85.1 Å². The number of hydrogen-bond acceptors (Lipinski definition) is 9. The Morgan fingerprint density at radius 2 is 1.08 bits per heavy atom. The Labute approximate surface area is 380 Å². The second-order valence-corrected chi connectivity index (χ2v) is 14.3. The Hall–Kier alpha value is 0.647. The summed E-state index contributed by atoms with van der Waals surface area (Å²) in [5.41, 5.74) is 11.6. The van der Waals surface area contributed by atoms with Crippen molar-refractivity contribution in [3.05, 3.63) is 0 Å². The molecule has 1 aliphatic heterocycles. The fraction of sp³-hybridized carbons (Fsp3) is 0.889. The van der Waals surface area contributed by atoms with Crippen LogP contribution in [0.4, 0.5) is 0 Å². The number of nitriles is 4. The molecule has 2 radical (unpaired) electrons. The van der Waals surface area contributed by atoms with Gasteiger partial charge >= 0.3 is 18.9 Å². The molecule has 0 aromatic carbocycles. The fourth-order valence-electron chi connectivity index (χ4n) is 5.87. The number of azo groups is 1. The van der Waals surface area contributed by atoms with Crippen molar-refractivity contribution in [2.45, 2.75) is 136 Å². The van der Waals surface area contributed by atoms with Crippen LogP contribution in [0.15, 0.2) is 10.2 Å². The first-order valence-corrected chi connectivity index (χ1v) is 20.1. The number of ether oxygens (including phenoxy) is 1. The van der Waals surface area contributed by atoms with Gasteiger partial charge in [-0.2, -0.15) is 31.3 Å². The summed E-state index contributed by atoms with van der Waals surface area (Å²) in [6, 6.07) is 7.52. The standard InChI is InChI=1S/C8H14N2.C8H18N2.C8H10N2.C5H10Br2.C4H10O.C3H2N2.Al.BH.Li.U.4H/c1-2-4-8(5-3-1)6-9-10-7-8;2*9-6-8(7-10)4-2-1-3-5-8;6-4-2-1-3-5-7;1-3-5-4-2;4-2-1-3-5;;;;;;;;/h1-7H2;1-7,9-10H2;1-5H2;1-5H2;3-4H2,1-2H3;1H2;;1H;;;;;;/q;;;;;;;;+1;;;;;-1/i;;;;;;;1D;;;;;;. The van der Waals surface area contributed by atoms with E-state index in [1.54, 1.807) is 12.1 Å². The number of unbranched alkanes of at least 4 members (excludes halogenated alkanes) is 2. The van der Waals surface area contributed by atoms with Gasteiger partial charge in [0.05, 0.1) is 37.4 Å². The second kappa shape index (κ2) is 45.0. The van der Waals surface area contributed by atoms with Gasteiger partial charge in [0.1, 0.15) is 11.8 Å². The molecule has 284 valence electrons. The van der Waals surface area contributed by atoms with Crippen molar-refractivity contribution in [1.29, 1.82) is 22.4 Å². The zero-order valence-corrected chi connectivity index (χ0v) is 39.0. The van der Waals surface area contributed by atoms with Crippen LogP contribution in [0.1, 0.15) is 137 Å². The largest absolute Gasteiger partial charge is 1.00 e. The first-order valence-electron chi connectivity index (χ1n) is 18.4. The minimum absolute atomic E-state index is 0. The number of nitrogens with two attached hydrogens (primary N) is 2. The Bertz CT molecular complexity index is 896. The van der Waals surface area contributed by atoms with Gasteiger partial charge in [0.15, 0.2) is 17.4 Å². The van der Waals surface area contributed by atoms with Gasteiger partial charge in [-0.15, -0.1) is 0 Å². The van der Waals surface area contributed by atoms with Crippen molar-refractivity contribution in [1.82, 2.24) is 0 Å². The zero-order valence-electron chi connectivity index (χ0n) is 33.7. The molecule has 0 saturated heterocycles. The van der Waals surface area contributed by atoms with Gasteiger partial charge in [-0.1, -0.05) is 96.1 Å². The van der Waals surface area contributed by atoms with Gasteiger partial charge < -0.3 is 17.6 Å². The topological polar surface area (TPSA) is 181 Å². The summed E-state index contributed by atoms with van der Waals surface area (Å²) in [6.45, 7) is 9.27. The van der Waals surface area contributed by atoms with Crippen LogP contribution in [0, 0.1) is 92.7 Å². The van der Waals surface area contributed by atoms with E-state index in [0.717, 1.165) is 75.7 Å². The minimum atomic E-state index is -0.627. The van der Waals surface area contributed by atoms with Crippen molar-refractivity contribution in [3.8, 4) is 24.3 Å². The van der Waals surface area contributed by atoms with E-state index in [1.807, 2.05) is 13.8 Å². The summed E-state index contributed by atoms with van der Waals surface area (Å²) < 4.78 is 10.1. The Morgan fingerprint density at radius 1 is 0.706 bits per heavy atom. The number of hydrogen-bond donors (Lipinski definition) is 2. The first kappa shape index (κ1) is 60.9. The summed E-state index contributed by atoms with van der Waals surface area (Å²) in [5, 5.41) is 43.0. The monoisotopic (exact) mass is 1070 g/mol. The second-order valence-electron chi connectivity index (χ2n) is 12.7. The van der Waals surface area contributed by atoms with Crippen molar-refractivity contribution < 1.29 is 56.1 Å². The van der Waals surface area contributed by atoms with Crippen LogP contribution in [0.25, 0.3) is 0 Å². The minimum Gasteiger partial charge on any atom is -1.00 e. The zero-order chi connectivity index (χ0) is 37.5. The Kier molecular flexibility index (Phi) is 53.8. The van der Waals surface area contributed by atoms with E-state index in [4.69, 9.17) is 38.6 Å². The molecule has 3 saturated carbocycles. The van der Waals surface area contributed by atoms with Gasteiger partial charge in [0.25, 0.3) is 0 Å². The summed E-state index contributed by atoms with van der Waals surface area (Å²) in [4.78, 5) is 0. The van der Waals surface area contributed by atoms with E-state index in [0.29, 0.717) is 10.8 Å². The molecule has 0 amide bonds. The maximum atomic E-state index is 8.67. The normalized spacial score (nSPS) is 17.7. The molecule has 9 nitrogen and oxygen atoms in total. The molecular formula is C36H69AlBBr2LiN8OU. The molecule has 3 aliphatic carbocycles. The average Bonchev–Trinajstić information content (AvgIpc) is 3.62. The molecule has 0 unspecified atom stereocenters. The van der Waals surface area contributed by atoms with Crippen molar-refractivity contribution in [2.24, 2.45) is 37.9 Å². The SMILES string of the molecule is BrCCCCCBr.C1CCC2(CC1)CN=NC2.CCOCC.N#CC1(C#N)CCCCC1.N#CCC#N.NCC1(CN)CCCCC1.[2H][B].[AlH3].[H-].[Li+].[U]. The van der Waals surface area contributed by atoms with E-state index < -0.39 is 5.41 Å². The Morgan fingerprint density at radius 3 is 1.31 bits per heavy atom. The fourth-order valence-corrected chi connectivity index (χ4v) is 6.66. The van der Waals surface area contributed by atoms with E-state index in [9.17, 15) is 0 Å². The summed E-state index contributed by atoms with van der Waals surface area (Å²) in [6.07, 6.45) is 22.3. The van der Waals surface area contributed by atoms with Crippen molar-refractivity contribution >= 4 is 57.6 Å². The Balaban J connectivity index is -0.0000000955. The van der Waals surface area contributed by atoms with Gasteiger partial charge in [-0.25, -0.2) is 0 Å². The molecule has 15 heteroatoms. The van der Waals surface area contributed by atoms with Crippen LogP contribution < -0.4 is 30.3 Å². The van der Waals surface area contributed by atoms with E-state index in [1.165, 1.54) is 89.9 Å². The molecule has 4 N–H and O–H groups in total. The van der Waals surface area contributed by atoms with E-state index in [-0.39, 0.29) is 75.2 Å². The van der Waals surface area contributed by atoms with Crippen LogP contribution in [0.3, 0.4) is 0 Å². The summed E-state index contributed by atoms with van der Waals surface area (Å²) >= 11 is 6.73. The van der Waals surface area contributed by atoms with Crippen LogP contribution in [-0.4, -0.2) is 77.1 Å². The predicted molar refractivity (Wildman–Crippen MR) is 218 cm³/mol. The number of nitrogens with zero attached hydrogens (tertiary/aromatic N) is 6. The maximum Gasteiger partial charge on any atom is 1.00 e. The third-order valence-corrected chi connectivity index (χ3v) is 10.2. The summed E-state index contributed by atoms with van der Waals surface area (Å²) in [7, 11) is 3.75. The molecule has 4 rings (SSSR count). The van der Waals surface area contributed by atoms with Gasteiger partial charge in [0.2, 0.25) is 0 Å². The quantitative estimate of drug-likeness (QED) is 0.196. The molecule has 51 heavy (non-hydrogen) atoms. The first-order chi connectivity index (χ1) is 23.8. The number of halogens is 2. The van der Waals surface area contributed by atoms with Crippen LogP contribution >= 0.6 is 31.9 Å². The molecule has 0 aromatic heterocycles. The molecular weight excluding hydrogens is 1000 g/mol. The predicted octanol–water partition coefficient (Wildman–Crippen LogP) is 4.94. The van der Waals surface area contributed by atoms with Crippen LogP contribution in [0.5, 0.6) is 0 Å². The molecule has 0 atom stereocenters. The third kappa shape index (κ3) is 33.7. The van der Waals surface area contributed by atoms with Crippen LogP contribution in [0.2, 0.25) is 0 Å². The molecule has 1 heterocycles. The van der Waals surface area contributed by atoms with Crippen LogP contribution in [-0.2, 0) is 4.74 Å². The average molecular weight is 1070 g/mol. The maximum absolute atomic E-state index is 8.67. The number of rotatable bonds is 8. The molecule has 3 fully saturated rings. The van der Waals surface area contributed by atoms with E-state index >= 15 is 0 Å². The molecule has 0 bridgehead atoms. The van der Waals surface area contributed by atoms with Crippen molar-refractivity contribution in [2.75, 3.05) is 50.1 Å². The van der Waals surface area contributed by atoms with E-state index in [2.05, 4.69) is 62.6 Å². The van der Waals surface area contributed by atoms with Gasteiger partial charge in [0, 0.05) is 68.8 Å². The molecule has 4 aliphatic rings. The summed E-state index contributed by atoms with van der Waals surface area (Å²) in [5.74, 6) is 0. The number of alkyl halides is 2. The molecule has 0 aromatic rings. The molecule has 1 spiro atoms. The van der Waals surface area contributed by atoms with Crippen molar-refractivity contribution in [3.63, 3.8) is 0 Å².